The first-order chi connectivity index (χ1) is 20.5. The average molecular weight is 597 g/mol. The number of carbonyl (C=O) groups is 2. The molecule has 2 aromatic carbocycles. The number of halogens is 3. The van der Waals surface area contributed by atoms with Crippen molar-refractivity contribution < 1.29 is 27.9 Å². The van der Waals surface area contributed by atoms with Gasteiger partial charge in [-0.15, -0.1) is 0 Å². The van der Waals surface area contributed by atoms with E-state index in [0.717, 1.165) is 12.1 Å². The number of aliphatic hydroxyl groups is 1. The summed E-state index contributed by atoms with van der Waals surface area (Å²) in [6.07, 6.45) is -1.68. The fourth-order valence-corrected chi connectivity index (χ4v) is 5.22. The van der Waals surface area contributed by atoms with Gasteiger partial charge in [-0.1, -0.05) is 12.1 Å². The number of aromatic nitrogens is 3. The molecule has 14 heteroatoms. The van der Waals surface area contributed by atoms with Gasteiger partial charge in [-0.25, -0.2) is 14.8 Å². The Morgan fingerprint density at radius 3 is 2.53 bits per heavy atom. The lowest BCUT2D eigenvalue weighted by atomic mass is 9.92. The van der Waals surface area contributed by atoms with Crippen LogP contribution >= 0.6 is 0 Å². The fraction of sp³-hybridized carbons (Fsp3) is 0.310. The summed E-state index contributed by atoms with van der Waals surface area (Å²) in [6.45, 7) is 3.98. The number of aliphatic hydroxyl groups excluding tert-OH is 1. The molecule has 0 bridgehead atoms. The summed E-state index contributed by atoms with van der Waals surface area (Å²) in [5.74, 6) is -0.634. The molecule has 3 amide bonds. The van der Waals surface area contributed by atoms with Gasteiger partial charge in [0.05, 0.1) is 17.6 Å². The van der Waals surface area contributed by atoms with Crippen LogP contribution in [0.3, 0.4) is 0 Å². The molecule has 2 aromatic heterocycles. The maximum atomic E-state index is 14.0. The van der Waals surface area contributed by atoms with E-state index in [1.54, 1.807) is 49.3 Å². The molecule has 1 aliphatic heterocycles. The Labute approximate surface area is 245 Å². The predicted molar refractivity (Wildman–Crippen MR) is 157 cm³/mol. The maximum Gasteiger partial charge on any atom is 0.416 e. The number of nitrogens with one attached hydrogen (secondary N) is 2. The number of benzene rings is 2. The van der Waals surface area contributed by atoms with Crippen LogP contribution in [0.15, 0.2) is 48.9 Å². The highest BCUT2D eigenvalue weighted by molar-refractivity contribution is 6.07. The second-order valence-electron chi connectivity index (χ2n) is 10.3. The third-order valence-electron chi connectivity index (χ3n) is 7.56. The molecule has 0 radical (unpaired) electrons. The molecule has 226 valence electrons. The number of hydrogen-bond donors (Lipinski definition) is 4. The molecule has 43 heavy (non-hydrogen) atoms. The smallest absolute Gasteiger partial charge is 0.395 e. The van der Waals surface area contributed by atoms with Crippen LogP contribution in [-0.4, -0.2) is 83.3 Å². The number of β-amino-alcohol motifs (C(OH)–C–C–N with tert-alkyl or cyclic N) is 1. The van der Waals surface area contributed by atoms with E-state index in [1.807, 2.05) is 4.90 Å². The van der Waals surface area contributed by atoms with Gasteiger partial charge in [0.15, 0.2) is 0 Å². The second-order valence-corrected chi connectivity index (χ2v) is 10.3. The Morgan fingerprint density at radius 2 is 1.86 bits per heavy atom. The number of urea groups is 1. The van der Waals surface area contributed by atoms with Crippen LogP contribution in [0.25, 0.3) is 22.2 Å². The van der Waals surface area contributed by atoms with E-state index >= 15 is 0 Å². The Kier molecular flexibility index (Phi) is 8.24. The van der Waals surface area contributed by atoms with Crippen molar-refractivity contribution in [3.63, 3.8) is 0 Å². The van der Waals surface area contributed by atoms with Crippen molar-refractivity contribution in [3.05, 3.63) is 65.6 Å². The van der Waals surface area contributed by atoms with E-state index in [0.29, 0.717) is 66.4 Å². The van der Waals surface area contributed by atoms with Crippen molar-refractivity contribution in [2.24, 2.45) is 5.73 Å². The number of rotatable bonds is 7. The lowest BCUT2D eigenvalue weighted by Crippen LogP contribution is -2.47. The van der Waals surface area contributed by atoms with E-state index in [2.05, 4.69) is 20.3 Å². The summed E-state index contributed by atoms with van der Waals surface area (Å²) in [4.78, 5) is 42.4. The lowest BCUT2D eigenvalue weighted by molar-refractivity contribution is -0.137. The molecule has 1 fully saturated rings. The number of amides is 3. The van der Waals surface area contributed by atoms with Crippen molar-refractivity contribution >= 4 is 40.2 Å². The van der Waals surface area contributed by atoms with Crippen LogP contribution in [0.4, 0.5) is 35.2 Å². The number of alkyl halides is 3. The highest BCUT2D eigenvalue weighted by Gasteiger charge is 2.34. The SMILES string of the molecule is Cc1ccc(-c2c(C(N)=O)cc(C(F)(F)F)cc2N2CCN(CCO)CC2)cc1NC(=O)N(C)c1ncnc2[nH]ccc12. The molecule has 3 heterocycles. The first-order valence-electron chi connectivity index (χ1n) is 13.5. The van der Waals surface area contributed by atoms with Gasteiger partial charge < -0.3 is 26.0 Å². The third kappa shape index (κ3) is 6.10. The maximum absolute atomic E-state index is 14.0. The first-order valence-corrected chi connectivity index (χ1v) is 13.5. The van der Waals surface area contributed by atoms with Crippen LogP contribution in [0.1, 0.15) is 21.5 Å². The van der Waals surface area contributed by atoms with Gasteiger partial charge in [0.25, 0.3) is 0 Å². The summed E-state index contributed by atoms with van der Waals surface area (Å²) in [5.41, 5.74) is 6.90. The van der Waals surface area contributed by atoms with Crippen molar-refractivity contribution in [2.75, 3.05) is 61.5 Å². The summed E-state index contributed by atoms with van der Waals surface area (Å²) in [5, 5.41) is 12.8. The fourth-order valence-electron chi connectivity index (χ4n) is 5.22. The third-order valence-corrected chi connectivity index (χ3v) is 7.56. The zero-order chi connectivity index (χ0) is 30.9. The molecule has 4 aromatic rings. The van der Waals surface area contributed by atoms with Gasteiger partial charge in [0.1, 0.15) is 17.8 Å². The molecule has 0 aliphatic carbocycles. The Balaban J connectivity index is 1.55. The second kappa shape index (κ2) is 11.9. The number of fused-ring (bicyclic) bond motifs is 1. The number of aryl methyl sites for hydroxylation is 1. The molecule has 5 N–H and O–H groups in total. The summed E-state index contributed by atoms with van der Waals surface area (Å²) in [6, 6.07) is 8.06. The lowest BCUT2D eigenvalue weighted by Gasteiger charge is -2.37. The van der Waals surface area contributed by atoms with Crippen molar-refractivity contribution in [1.29, 1.82) is 0 Å². The van der Waals surface area contributed by atoms with E-state index < -0.39 is 23.7 Å². The Hall–Kier alpha value is -4.69. The van der Waals surface area contributed by atoms with Gasteiger partial charge in [0.2, 0.25) is 5.91 Å². The molecule has 0 unspecified atom stereocenters. The monoisotopic (exact) mass is 596 g/mol. The molecule has 5 rings (SSSR count). The summed E-state index contributed by atoms with van der Waals surface area (Å²) >= 11 is 0. The van der Waals surface area contributed by atoms with Gasteiger partial charge >= 0.3 is 12.2 Å². The molecule has 0 spiro atoms. The number of carbonyl (C=O) groups excluding carboxylic acids is 2. The van der Waals surface area contributed by atoms with Crippen LogP contribution in [0, 0.1) is 6.92 Å². The summed E-state index contributed by atoms with van der Waals surface area (Å²) in [7, 11) is 1.55. The number of hydrogen-bond acceptors (Lipinski definition) is 7. The molecular formula is C29H31F3N8O3. The molecule has 1 saturated heterocycles. The normalized spacial score (nSPS) is 14.2. The van der Waals surface area contributed by atoms with Crippen LogP contribution < -0.4 is 20.9 Å². The quantitative estimate of drug-likeness (QED) is 0.254. The van der Waals surface area contributed by atoms with E-state index in [4.69, 9.17) is 5.73 Å². The van der Waals surface area contributed by atoms with E-state index in [9.17, 15) is 27.9 Å². The molecule has 1 aliphatic rings. The number of H-pyrrole nitrogens is 1. The van der Waals surface area contributed by atoms with Gasteiger partial charge in [-0.3, -0.25) is 14.6 Å². The first kappa shape index (κ1) is 29.8. The zero-order valence-electron chi connectivity index (χ0n) is 23.6. The van der Waals surface area contributed by atoms with Gasteiger partial charge in [-0.2, -0.15) is 13.2 Å². The number of aromatic amines is 1. The Morgan fingerprint density at radius 1 is 1.12 bits per heavy atom. The Bertz CT molecular complexity index is 1660. The van der Waals surface area contributed by atoms with Crippen LogP contribution in [0.5, 0.6) is 0 Å². The van der Waals surface area contributed by atoms with Crippen LogP contribution in [-0.2, 0) is 6.18 Å². The predicted octanol–water partition coefficient (Wildman–Crippen LogP) is 3.83. The van der Waals surface area contributed by atoms with Crippen molar-refractivity contribution in [3.8, 4) is 11.1 Å². The summed E-state index contributed by atoms with van der Waals surface area (Å²) < 4.78 is 41.9. The van der Waals surface area contributed by atoms with Gasteiger partial charge in [0, 0.05) is 68.5 Å². The molecule has 0 saturated carbocycles. The van der Waals surface area contributed by atoms with Crippen molar-refractivity contribution in [2.45, 2.75) is 13.1 Å². The molecule has 0 atom stereocenters. The molecular weight excluding hydrogens is 565 g/mol. The standard InChI is InChI=1S/C29H31F3N8O3/c1-17-3-4-18(13-22(17)37-28(43)38(2)27-20-5-6-34-26(20)35-16-36-27)24-21(25(33)42)14-19(29(30,31)32)15-23(24)40-9-7-39(8-10-40)11-12-41/h3-6,13-16,41H,7-12H2,1-2H3,(H2,33,42)(H,37,43)(H,34,35,36). The number of nitrogens with zero attached hydrogens (tertiary/aromatic N) is 5. The number of primary amides is 1. The highest BCUT2D eigenvalue weighted by Crippen LogP contribution is 2.41. The topological polar surface area (TPSA) is 144 Å². The minimum atomic E-state index is -4.71. The van der Waals surface area contributed by atoms with Gasteiger partial charge in [-0.05, 0) is 42.3 Å². The average Bonchev–Trinajstić information content (AvgIpc) is 3.47. The number of nitrogens with two attached hydrogens (primary N) is 1. The molecule has 11 nitrogen and oxygen atoms in total. The highest BCUT2D eigenvalue weighted by atomic mass is 19.4. The van der Waals surface area contributed by atoms with Crippen LogP contribution in [0.2, 0.25) is 0 Å². The number of anilines is 3. The largest absolute Gasteiger partial charge is 0.416 e. The minimum Gasteiger partial charge on any atom is -0.395 e. The van der Waals surface area contributed by atoms with E-state index in [1.165, 1.54) is 11.2 Å². The number of piperazine rings is 1. The minimum absolute atomic E-state index is 0.0268. The van der Waals surface area contributed by atoms with E-state index in [-0.39, 0.29) is 23.4 Å². The zero-order valence-corrected chi connectivity index (χ0v) is 23.6. The van der Waals surface area contributed by atoms with Crippen molar-refractivity contribution in [1.82, 2.24) is 19.9 Å².